The molecule has 0 saturated carbocycles. The first-order valence-electron chi connectivity index (χ1n) is 9.75. The molecule has 0 atom stereocenters. The maximum atomic E-state index is 4.56. The lowest BCUT2D eigenvalue weighted by Crippen LogP contribution is -2.44. The minimum absolute atomic E-state index is 0.731. The summed E-state index contributed by atoms with van der Waals surface area (Å²) in [6.07, 6.45) is 1.90. The maximum Gasteiger partial charge on any atom is 0.191 e. The Morgan fingerprint density at radius 3 is 2.64 bits per heavy atom. The van der Waals surface area contributed by atoms with Crippen molar-refractivity contribution < 1.29 is 0 Å². The van der Waals surface area contributed by atoms with Gasteiger partial charge in [0, 0.05) is 63.2 Å². The van der Waals surface area contributed by atoms with Gasteiger partial charge >= 0.3 is 0 Å². The first-order chi connectivity index (χ1) is 13.7. The second-order valence-corrected chi connectivity index (χ2v) is 7.99. The molecule has 1 aliphatic rings. The molecule has 0 spiro atoms. The van der Waals surface area contributed by atoms with Crippen molar-refractivity contribution in [3.8, 4) is 0 Å². The van der Waals surface area contributed by atoms with E-state index >= 15 is 0 Å². The lowest BCUT2D eigenvalue weighted by Gasteiger charge is -2.33. The number of guanidine groups is 1. The smallest absolute Gasteiger partial charge is 0.191 e. The fourth-order valence-corrected chi connectivity index (χ4v) is 3.83. The SMILES string of the molecule is CN=C(NCCSc1ccccc1)NCc1ccnc(N2CCN(C)CC2)c1. The zero-order valence-electron chi connectivity index (χ0n) is 16.8. The van der Waals surface area contributed by atoms with Gasteiger partial charge in [-0.15, -0.1) is 11.8 Å². The summed E-state index contributed by atoms with van der Waals surface area (Å²) < 4.78 is 0. The van der Waals surface area contributed by atoms with Crippen molar-refractivity contribution in [3.05, 3.63) is 54.2 Å². The largest absolute Gasteiger partial charge is 0.356 e. The molecule has 0 aliphatic carbocycles. The van der Waals surface area contributed by atoms with E-state index in [1.807, 2.05) is 31.1 Å². The van der Waals surface area contributed by atoms with E-state index in [0.29, 0.717) is 0 Å². The summed E-state index contributed by atoms with van der Waals surface area (Å²) >= 11 is 1.84. The van der Waals surface area contributed by atoms with Crippen LogP contribution < -0.4 is 15.5 Å². The third-order valence-electron chi connectivity index (χ3n) is 4.73. The van der Waals surface area contributed by atoms with Gasteiger partial charge in [0.2, 0.25) is 0 Å². The van der Waals surface area contributed by atoms with Gasteiger partial charge in [0.05, 0.1) is 0 Å². The Kier molecular flexibility index (Phi) is 7.99. The van der Waals surface area contributed by atoms with Crippen LogP contribution in [0.15, 0.2) is 58.5 Å². The summed E-state index contributed by atoms with van der Waals surface area (Å²) in [5.41, 5.74) is 1.21. The number of thioether (sulfide) groups is 1. The van der Waals surface area contributed by atoms with E-state index in [-0.39, 0.29) is 0 Å². The van der Waals surface area contributed by atoms with Gasteiger partial charge in [0.25, 0.3) is 0 Å². The molecule has 1 aromatic carbocycles. The fourth-order valence-electron chi connectivity index (χ4n) is 3.04. The predicted molar refractivity (Wildman–Crippen MR) is 119 cm³/mol. The topological polar surface area (TPSA) is 55.8 Å². The van der Waals surface area contributed by atoms with E-state index in [2.05, 4.69) is 73.9 Å². The van der Waals surface area contributed by atoms with E-state index < -0.39 is 0 Å². The van der Waals surface area contributed by atoms with Crippen molar-refractivity contribution in [1.82, 2.24) is 20.5 Å². The van der Waals surface area contributed by atoms with Crippen LogP contribution in [0.25, 0.3) is 0 Å². The van der Waals surface area contributed by atoms with E-state index in [1.165, 1.54) is 10.5 Å². The van der Waals surface area contributed by atoms with Crippen LogP contribution in [0.2, 0.25) is 0 Å². The minimum Gasteiger partial charge on any atom is -0.356 e. The van der Waals surface area contributed by atoms with Crippen molar-refractivity contribution >= 4 is 23.5 Å². The molecular formula is C21H30N6S. The molecule has 0 unspecified atom stereocenters. The second kappa shape index (κ2) is 10.9. The number of rotatable bonds is 7. The number of aromatic nitrogens is 1. The average Bonchev–Trinajstić information content (AvgIpc) is 2.75. The van der Waals surface area contributed by atoms with Crippen LogP contribution >= 0.6 is 11.8 Å². The van der Waals surface area contributed by atoms with Crippen LogP contribution in [0.4, 0.5) is 5.82 Å². The normalized spacial score (nSPS) is 15.5. The predicted octanol–water partition coefficient (Wildman–Crippen LogP) is 2.29. The molecule has 1 aliphatic heterocycles. The van der Waals surface area contributed by atoms with Gasteiger partial charge in [-0.3, -0.25) is 4.99 Å². The Bertz CT molecular complexity index is 744. The van der Waals surface area contributed by atoms with Crippen molar-refractivity contribution in [3.63, 3.8) is 0 Å². The summed E-state index contributed by atoms with van der Waals surface area (Å²) in [6, 6.07) is 14.7. The Labute approximate surface area is 172 Å². The Hall–Kier alpha value is -2.25. The zero-order chi connectivity index (χ0) is 19.6. The quantitative estimate of drug-likeness (QED) is 0.323. The van der Waals surface area contributed by atoms with Crippen LogP contribution in [-0.2, 0) is 6.54 Å². The Balaban J connectivity index is 1.42. The second-order valence-electron chi connectivity index (χ2n) is 6.83. The third kappa shape index (κ3) is 6.42. The van der Waals surface area contributed by atoms with Gasteiger partial charge in [-0.05, 0) is 36.9 Å². The van der Waals surface area contributed by atoms with Crippen LogP contribution in [0, 0.1) is 0 Å². The molecule has 28 heavy (non-hydrogen) atoms. The highest BCUT2D eigenvalue weighted by Crippen LogP contribution is 2.16. The van der Waals surface area contributed by atoms with Crippen LogP contribution in [0.3, 0.4) is 0 Å². The molecule has 2 N–H and O–H groups in total. The molecule has 6 nitrogen and oxygen atoms in total. The number of aliphatic imine (C=N–C) groups is 1. The molecule has 1 fully saturated rings. The number of hydrogen-bond acceptors (Lipinski definition) is 5. The van der Waals surface area contributed by atoms with E-state index in [4.69, 9.17) is 0 Å². The molecule has 0 amide bonds. The number of nitrogens with zero attached hydrogens (tertiary/aromatic N) is 4. The molecule has 0 bridgehead atoms. The van der Waals surface area contributed by atoms with Gasteiger partial charge in [0.1, 0.15) is 5.82 Å². The monoisotopic (exact) mass is 398 g/mol. The summed E-state index contributed by atoms with van der Waals surface area (Å²) in [5, 5.41) is 6.78. The van der Waals surface area contributed by atoms with Gasteiger partial charge in [0.15, 0.2) is 5.96 Å². The van der Waals surface area contributed by atoms with Gasteiger partial charge in [-0.25, -0.2) is 4.98 Å². The number of hydrogen-bond donors (Lipinski definition) is 2. The Morgan fingerprint density at radius 1 is 1.11 bits per heavy atom. The van der Waals surface area contributed by atoms with E-state index in [1.54, 1.807) is 0 Å². The molecular weight excluding hydrogens is 368 g/mol. The molecule has 0 radical (unpaired) electrons. The standard InChI is InChI=1S/C21H30N6S/c1-22-21(24-10-15-28-19-6-4-3-5-7-19)25-17-18-8-9-23-20(16-18)27-13-11-26(2)12-14-27/h3-9,16H,10-15,17H2,1-2H3,(H2,22,24,25). The summed E-state index contributed by atoms with van der Waals surface area (Å²) in [7, 11) is 3.98. The molecule has 7 heteroatoms. The number of piperazine rings is 1. The molecule has 150 valence electrons. The molecule has 2 heterocycles. The average molecular weight is 399 g/mol. The highest BCUT2D eigenvalue weighted by Gasteiger charge is 2.15. The summed E-state index contributed by atoms with van der Waals surface area (Å²) in [6.45, 7) is 5.83. The van der Waals surface area contributed by atoms with Crippen LogP contribution in [-0.4, -0.2) is 68.4 Å². The Morgan fingerprint density at radius 2 is 1.89 bits per heavy atom. The zero-order valence-corrected chi connectivity index (χ0v) is 17.6. The molecule has 2 aromatic rings. The van der Waals surface area contributed by atoms with Gasteiger partial charge in [-0.2, -0.15) is 0 Å². The number of pyridine rings is 1. The summed E-state index contributed by atoms with van der Waals surface area (Å²) in [5.74, 6) is 2.88. The van der Waals surface area contributed by atoms with Gasteiger partial charge < -0.3 is 20.4 Å². The lowest BCUT2D eigenvalue weighted by atomic mass is 10.2. The van der Waals surface area contributed by atoms with Crippen molar-refractivity contribution in [1.29, 1.82) is 0 Å². The minimum atomic E-state index is 0.731. The summed E-state index contributed by atoms with van der Waals surface area (Å²) in [4.78, 5) is 14.9. The highest BCUT2D eigenvalue weighted by atomic mass is 32.2. The maximum absolute atomic E-state index is 4.56. The van der Waals surface area contributed by atoms with Crippen molar-refractivity contribution in [2.75, 3.05) is 57.5 Å². The number of nitrogens with one attached hydrogen (secondary N) is 2. The van der Waals surface area contributed by atoms with Crippen LogP contribution in [0.5, 0.6) is 0 Å². The third-order valence-corrected chi connectivity index (χ3v) is 5.74. The fraction of sp³-hybridized carbons (Fsp3) is 0.429. The number of likely N-dealkylation sites (N-methyl/N-ethyl adjacent to an activating group) is 1. The number of benzene rings is 1. The molecule has 1 saturated heterocycles. The molecule has 1 aromatic heterocycles. The number of anilines is 1. The van der Waals surface area contributed by atoms with Crippen molar-refractivity contribution in [2.24, 2.45) is 4.99 Å². The first kappa shape index (κ1) is 20.5. The first-order valence-corrected chi connectivity index (χ1v) is 10.7. The van der Waals surface area contributed by atoms with E-state index in [9.17, 15) is 0 Å². The van der Waals surface area contributed by atoms with E-state index in [0.717, 1.165) is 56.8 Å². The highest BCUT2D eigenvalue weighted by molar-refractivity contribution is 7.99. The van der Waals surface area contributed by atoms with Crippen LogP contribution in [0.1, 0.15) is 5.56 Å². The lowest BCUT2D eigenvalue weighted by molar-refractivity contribution is 0.312. The van der Waals surface area contributed by atoms with Crippen molar-refractivity contribution in [2.45, 2.75) is 11.4 Å². The molecule has 3 rings (SSSR count). The van der Waals surface area contributed by atoms with Gasteiger partial charge in [-0.1, -0.05) is 18.2 Å².